The molecule has 2 N–H and O–H groups in total. The van der Waals surface area contributed by atoms with Crippen molar-refractivity contribution in [3.63, 3.8) is 0 Å². The molecule has 0 saturated heterocycles. The molecule has 1 rings (SSSR count). The molecule has 0 bridgehead atoms. The molecule has 0 amide bonds. The number of nitrogens with two attached hydrogens (primary N) is 1. The van der Waals surface area contributed by atoms with Gasteiger partial charge in [-0.2, -0.15) is 4.37 Å². The third kappa shape index (κ3) is 1.55. The van der Waals surface area contributed by atoms with Gasteiger partial charge in [-0.1, -0.05) is 0 Å². The van der Waals surface area contributed by atoms with Crippen molar-refractivity contribution in [3.05, 3.63) is 10.6 Å². The predicted octanol–water partition coefficient (Wildman–Crippen LogP) is 1.21. The lowest BCUT2D eigenvalue weighted by molar-refractivity contribution is 0.0533. The Labute approximate surface area is 74.5 Å². The summed E-state index contributed by atoms with van der Waals surface area (Å²) in [5, 5.41) is 0. The number of hydrogen-bond acceptors (Lipinski definition) is 5. The summed E-state index contributed by atoms with van der Waals surface area (Å²) >= 11 is 1.07. The molecule has 0 unspecified atom stereocenters. The molecule has 0 saturated carbocycles. The number of rotatable bonds is 2. The van der Waals surface area contributed by atoms with E-state index in [0.29, 0.717) is 22.9 Å². The molecule has 66 valence electrons. The van der Waals surface area contributed by atoms with Gasteiger partial charge in [0.25, 0.3) is 0 Å². The SMILES string of the molecule is CCOC(=O)c1snc(C)c1N. The van der Waals surface area contributed by atoms with Gasteiger partial charge in [0.2, 0.25) is 0 Å². The minimum absolute atomic E-state index is 0.356. The molecule has 4 nitrogen and oxygen atoms in total. The van der Waals surface area contributed by atoms with Gasteiger partial charge in [-0.3, -0.25) is 0 Å². The molecular formula is C7H10N2O2S. The van der Waals surface area contributed by atoms with Crippen LogP contribution in [-0.2, 0) is 4.74 Å². The maximum atomic E-state index is 11.1. The topological polar surface area (TPSA) is 65.2 Å². The Morgan fingerprint density at radius 3 is 2.83 bits per heavy atom. The standard InChI is InChI=1S/C7H10N2O2S/c1-3-11-7(10)6-5(8)4(2)9-12-6/h3,8H2,1-2H3. The highest BCUT2D eigenvalue weighted by Crippen LogP contribution is 2.21. The molecule has 0 spiro atoms. The highest BCUT2D eigenvalue weighted by Gasteiger charge is 2.15. The summed E-state index contributed by atoms with van der Waals surface area (Å²) in [7, 11) is 0. The van der Waals surface area contributed by atoms with Gasteiger partial charge in [0.05, 0.1) is 18.0 Å². The maximum Gasteiger partial charge on any atom is 0.352 e. The molecule has 0 radical (unpaired) electrons. The first kappa shape index (κ1) is 8.99. The number of hydrogen-bond donors (Lipinski definition) is 1. The maximum absolute atomic E-state index is 11.1. The van der Waals surface area contributed by atoms with Gasteiger partial charge in [0.1, 0.15) is 0 Å². The van der Waals surface area contributed by atoms with Crippen LogP contribution in [0.1, 0.15) is 22.3 Å². The van der Waals surface area contributed by atoms with E-state index in [4.69, 9.17) is 10.5 Å². The van der Waals surface area contributed by atoms with Crippen molar-refractivity contribution in [1.82, 2.24) is 4.37 Å². The van der Waals surface area contributed by atoms with E-state index in [-0.39, 0.29) is 5.97 Å². The molecule has 0 fully saturated rings. The summed E-state index contributed by atoms with van der Waals surface area (Å²) in [5.41, 5.74) is 6.69. The molecule has 0 aliphatic rings. The first-order valence-corrected chi connectivity index (χ1v) is 4.33. The second-order valence-electron chi connectivity index (χ2n) is 2.23. The van der Waals surface area contributed by atoms with Gasteiger partial charge < -0.3 is 10.5 Å². The van der Waals surface area contributed by atoms with E-state index in [1.807, 2.05) is 0 Å². The van der Waals surface area contributed by atoms with Crippen molar-refractivity contribution in [2.75, 3.05) is 12.3 Å². The highest BCUT2D eigenvalue weighted by atomic mass is 32.1. The average molecular weight is 186 g/mol. The van der Waals surface area contributed by atoms with Crippen molar-refractivity contribution in [3.8, 4) is 0 Å². The van der Waals surface area contributed by atoms with Crippen molar-refractivity contribution in [2.45, 2.75) is 13.8 Å². The average Bonchev–Trinajstić information content (AvgIpc) is 2.34. The van der Waals surface area contributed by atoms with Gasteiger partial charge in [0.15, 0.2) is 4.88 Å². The van der Waals surface area contributed by atoms with Gasteiger partial charge in [-0.05, 0) is 25.4 Å². The van der Waals surface area contributed by atoms with Gasteiger partial charge in [-0.15, -0.1) is 0 Å². The summed E-state index contributed by atoms with van der Waals surface area (Å²) in [5.74, 6) is -0.388. The third-order valence-corrected chi connectivity index (χ3v) is 2.30. The van der Waals surface area contributed by atoms with Crippen LogP contribution < -0.4 is 5.73 Å². The lowest BCUT2D eigenvalue weighted by Gasteiger charge is -1.98. The summed E-state index contributed by atoms with van der Waals surface area (Å²) in [6, 6.07) is 0. The number of carbonyl (C=O) groups excluding carboxylic acids is 1. The largest absolute Gasteiger partial charge is 0.462 e. The molecule has 0 aliphatic carbocycles. The number of aromatic nitrogens is 1. The second kappa shape index (κ2) is 3.53. The predicted molar refractivity (Wildman–Crippen MR) is 47.2 cm³/mol. The van der Waals surface area contributed by atoms with Crippen LogP contribution >= 0.6 is 11.5 Å². The summed E-state index contributed by atoms with van der Waals surface area (Å²) in [6.45, 7) is 3.87. The van der Waals surface area contributed by atoms with Crippen molar-refractivity contribution in [2.24, 2.45) is 0 Å². The van der Waals surface area contributed by atoms with Crippen LogP contribution in [0.25, 0.3) is 0 Å². The number of esters is 1. The molecule has 0 atom stereocenters. The summed E-state index contributed by atoms with van der Waals surface area (Å²) in [6.07, 6.45) is 0. The quantitative estimate of drug-likeness (QED) is 0.705. The minimum Gasteiger partial charge on any atom is -0.462 e. The smallest absolute Gasteiger partial charge is 0.352 e. The van der Waals surface area contributed by atoms with Crippen LogP contribution in [0.5, 0.6) is 0 Å². The highest BCUT2D eigenvalue weighted by molar-refractivity contribution is 7.08. The lowest BCUT2D eigenvalue weighted by Crippen LogP contribution is -2.05. The lowest BCUT2D eigenvalue weighted by atomic mass is 10.3. The van der Waals surface area contributed by atoms with E-state index in [9.17, 15) is 4.79 Å². The zero-order valence-corrected chi connectivity index (χ0v) is 7.77. The number of aryl methyl sites for hydroxylation is 1. The van der Waals surface area contributed by atoms with Gasteiger partial charge in [0, 0.05) is 0 Å². The number of nitrogen functional groups attached to an aromatic ring is 1. The van der Waals surface area contributed by atoms with Crippen molar-refractivity contribution >= 4 is 23.2 Å². The molecule has 1 aromatic heterocycles. The van der Waals surface area contributed by atoms with Crippen molar-refractivity contribution in [1.29, 1.82) is 0 Å². The number of ether oxygens (including phenoxy) is 1. The van der Waals surface area contributed by atoms with Crippen LogP contribution in [0.4, 0.5) is 5.69 Å². The molecular weight excluding hydrogens is 176 g/mol. The van der Waals surface area contributed by atoms with E-state index in [2.05, 4.69) is 4.37 Å². The first-order valence-electron chi connectivity index (χ1n) is 3.55. The Hall–Kier alpha value is -1.10. The van der Waals surface area contributed by atoms with E-state index in [1.54, 1.807) is 13.8 Å². The van der Waals surface area contributed by atoms with E-state index in [0.717, 1.165) is 11.5 Å². The Balaban J connectivity index is 2.88. The zero-order valence-electron chi connectivity index (χ0n) is 6.96. The first-order chi connectivity index (χ1) is 5.66. The Morgan fingerprint density at radius 2 is 2.42 bits per heavy atom. The van der Waals surface area contributed by atoms with Crippen LogP contribution in [-0.4, -0.2) is 16.9 Å². The summed E-state index contributed by atoms with van der Waals surface area (Å²) < 4.78 is 8.71. The zero-order chi connectivity index (χ0) is 9.14. The Morgan fingerprint density at radius 1 is 1.75 bits per heavy atom. The molecule has 1 aromatic rings. The fraction of sp³-hybridized carbons (Fsp3) is 0.429. The number of carbonyl (C=O) groups is 1. The van der Waals surface area contributed by atoms with Crippen molar-refractivity contribution < 1.29 is 9.53 Å². The van der Waals surface area contributed by atoms with Crippen LogP contribution in [0.2, 0.25) is 0 Å². The van der Waals surface area contributed by atoms with Gasteiger partial charge >= 0.3 is 5.97 Å². The summed E-state index contributed by atoms with van der Waals surface area (Å²) in [4.78, 5) is 11.5. The van der Waals surface area contributed by atoms with E-state index in [1.165, 1.54) is 0 Å². The molecule has 5 heteroatoms. The molecule has 12 heavy (non-hydrogen) atoms. The van der Waals surface area contributed by atoms with Crippen LogP contribution in [0.3, 0.4) is 0 Å². The normalized spacial score (nSPS) is 9.83. The molecule has 1 heterocycles. The fourth-order valence-electron chi connectivity index (χ4n) is 0.721. The van der Waals surface area contributed by atoms with Crippen LogP contribution in [0, 0.1) is 6.92 Å². The van der Waals surface area contributed by atoms with E-state index >= 15 is 0 Å². The Bertz CT molecular complexity index is 296. The monoisotopic (exact) mass is 186 g/mol. The minimum atomic E-state index is -0.388. The number of nitrogens with zero attached hydrogens (tertiary/aromatic N) is 1. The molecule has 0 aliphatic heterocycles. The number of anilines is 1. The fourth-order valence-corrected chi connectivity index (χ4v) is 1.43. The molecule has 0 aromatic carbocycles. The van der Waals surface area contributed by atoms with E-state index < -0.39 is 0 Å². The van der Waals surface area contributed by atoms with Crippen LogP contribution in [0.15, 0.2) is 0 Å². The second-order valence-corrected chi connectivity index (χ2v) is 3.00. The third-order valence-electron chi connectivity index (χ3n) is 1.37. The van der Waals surface area contributed by atoms with Gasteiger partial charge in [-0.25, -0.2) is 4.79 Å². The Kier molecular flexibility index (Phi) is 2.65.